The maximum atomic E-state index is 13.4. The predicted octanol–water partition coefficient (Wildman–Crippen LogP) is 5.01. The average molecular weight is 520 g/mol. The van der Waals surface area contributed by atoms with E-state index in [0.29, 0.717) is 41.1 Å². The number of nitrogens with one attached hydrogen (secondary N) is 1. The Morgan fingerprint density at radius 2 is 1.73 bits per heavy atom. The third kappa shape index (κ3) is 5.46. The van der Waals surface area contributed by atoms with E-state index in [2.05, 4.69) is 5.32 Å². The minimum Gasteiger partial charge on any atom is -0.489 e. The van der Waals surface area contributed by atoms with E-state index in [0.717, 1.165) is 16.8 Å². The maximum Gasteiger partial charge on any atom is 0.260 e. The van der Waals surface area contributed by atoms with Gasteiger partial charge in [0.2, 0.25) is 0 Å². The van der Waals surface area contributed by atoms with Gasteiger partial charge in [0.25, 0.3) is 5.91 Å². The zero-order valence-corrected chi connectivity index (χ0v) is 20.8. The number of aromatic nitrogens is 1. The number of anilines is 3. The number of aliphatic hydroxyl groups is 1. The molecule has 10 heteroatoms. The molecule has 200 valence electrons. The summed E-state index contributed by atoms with van der Waals surface area (Å²) in [6, 6.07) is 13.0. The van der Waals surface area contributed by atoms with Crippen molar-refractivity contribution in [2.45, 2.75) is 25.7 Å². The minimum atomic E-state index is -1.54. The number of pyridine rings is 1. The lowest BCUT2D eigenvalue weighted by molar-refractivity contribution is -0.229. The van der Waals surface area contributed by atoms with Crippen molar-refractivity contribution in [1.29, 1.82) is 0 Å². The number of ether oxygens (including phenoxy) is 3. The number of hydrogen-bond donors (Lipinski definition) is 2. The van der Waals surface area contributed by atoms with Gasteiger partial charge in [0.1, 0.15) is 43.7 Å². The van der Waals surface area contributed by atoms with Crippen LogP contribution in [0.4, 0.5) is 30.4 Å². The highest BCUT2D eigenvalue weighted by Crippen LogP contribution is 2.52. The monoisotopic (exact) mass is 519 g/mol. The first-order valence-corrected chi connectivity index (χ1v) is 12.3. The van der Waals surface area contributed by atoms with Crippen LogP contribution in [0, 0.1) is 6.92 Å². The zero-order valence-electron chi connectivity index (χ0n) is 20.8. The standard InChI is InChI=1S/C27H32F3N3O4/c1-19-6-2-3-8-22(19)33-25-20-7-4-9-23(35-15-10-28)24(20)32-26(31-13-5-14-34)21(25)18-27(33,36-16-11-29)37-17-12-30/h2-4,6-9,34H,5,10-18H2,1H3,(H,31,32). The zero-order chi connectivity index (χ0) is 26.3. The van der Waals surface area contributed by atoms with E-state index in [1.54, 1.807) is 12.1 Å². The molecular weight excluding hydrogens is 487 g/mol. The Bertz CT molecular complexity index is 1190. The van der Waals surface area contributed by atoms with Crippen molar-refractivity contribution in [3.63, 3.8) is 0 Å². The van der Waals surface area contributed by atoms with Gasteiger partial charge in [0, 0.05) is 29.8 Å². The molecule has 0 bridgehead atoms. The lowest BCUT2D eigenvalue weighted by Crippen LogP contribution is -2.50. The number of hydrogen-bond acceptors (Lipinski definition) is 7. The number of nitrogens with zero attached hydrogens (tertiary/aromatic N) is 2. The second-order valence-electron chi connectivity index (χ2n) is 8.57. The molecule has 37 heavy (non-hydrogen) atoms. The topological polar surface area (TPSA) is 76.1 Å². The summed E-state index contributed by atoms with van der Waals surface area (Å²) in [5.41, 5.74) is 3.55. The molecule has 2 heterocycles. The molecular formula is C27H32F3N3O4. The number of fused-ring (bicyclic) bond motifs is 3. The third-order valence-electron chi connectivity index (χ3n) is 6.14. The van der Waals surface area contributed by atoms with Crippen molar-refractivity contribution in [3.8, 4) is 5.75 Å². The van der Waals surface area contributed by atoms with Crippen LogP contribution >= 0.6 is 0 Å². The molecule has 7 nitrogen and oxygen atoms in total. The van der Waals surface area contributed by atoms with Gasteiger partial charge >= 0.3 is 0 Å². The van der Waals surface area contributed by atoms with E-state index < -0.39 is 25.9 Å². The van der Waals surface area contributed by atoms with Crippen molar-refractivity contribution in [2.75, 3.05) is 63.2 Å². The number of rotatable bonds is 14. The molecule has 1 aliphatic rings. The van der Waals surface area contributed by atoms with Crippen LogP contribution in [0.3, 0.4) is 0 Å². The Balaban J connectivity index is 2.01. The van der Waals surface area contributed by atoms with Gasteiger partial charge in [-0.1, -0.05) is 30.3 Å². The van der Waals surface area contributed by atoms with E-state index in [1.807, 2.05) is 42.2 Å². The molecule has 0 fully saturated rings. The molecule has 0 aliphatic carbocycles. The van der Waals surface area contributed by atoms with Crippen LogP contribution in [0.1, 0.15) is 17.5 Å². The molecule has 3 aromatic rings. The first-order chi connectivity index (χ1) is 18.1. The molecule has 4 rings (SSSR count). The van der Waals surface area contributed by atoms with Crippen molar-refractivity contribution >= 4 is 28.1 Å². The van der Waals surface area contributed by atoms with Gasteiger partial charge in [-0.05, 0) is 31.0 Å². The van der Waals surface area contributed by atoms with Gasteiger partial charge in [-0.2, -0.15) is 0 Å². The van der Waals surface area contributed by atoms with Crippen molar-refractivity contribution in [1.82, 2.24) is 4.98 Å². The van der Waals surface area contributed by atoms with Gasteiger partial charge in [-0.15, -0.1) is 0 Å². The Kier molecular flexibility index (Phi) is 9.07. The van der Waals surface area contributed by atoms with Gasteiger partial charge < -0.3 is 24.6 Å². The largest absolute Gasteiger partial charge is 0.489 e. The fourth-order valence-electron chi connectivity index (χ4n) is 4.66. The SMILES string of the molecule is Cc1ccccc1N1c2c(c(NCCCO)nc3c(OCCF)cccc23)CC1(OCCF)OCCF. The second kappa shape index (κ2) is 12.4. The van der Waals surface area contributed by atoms with Gasteiger partial charge in [0.05, 0.1) is 25.3 Å². The van der Waals surface area contributed by atoms with Crippen LogP contribution in [0.25, 0.3) is 10.9 Å². The summed E-state index contributed by atoms with van der Waals surface area (Å²) >= 11 is 0. The molecule has 0 amide bonds. The number of aryl methyl sites for hydroxylation is 1. The fraction of sp³-hybridized carbons (Fsp3) is 0.444. The minimum absolute atomic E-state index is 0.00781. The van der Waals surface area contributed by atoms with E-state index >= 15 is 0 Å². The number of aliphatic hydroxyl groups excluding tert-OH is 1. The predicted molar refractivity (Wildman–Crippen MR) is 137 cm³/mol. The summed E-state index contributed by atoms with van der Waals surface area (Å²) in [5, 5.41) is 13.3. The summed E-state index contributed by atoms with van der Waals surface area (Å²) in [6.07, 6.45) is 0.620. The summed E-state index contributed by atoms with van der Waals surface area (Å²) in [6.45, 7) is -0.443. The van der Waals surface area contributed by atoms with E-state index in [4.69, 9.17) is 19.2 Å². The third-order valence-corrected chi connectivity index (χ3v) is 6.14. The maximum absolute atomic E-state index is 13.4. The van der Waals surface area contributed by atoms with Crippen LogP contribution < -0.4 is 15.0 Å². The first kappa shape index (κ1) is 27.0. The molecule has 2 aromatic carbocycles. The van der Waals surface area contributed by atoms with Gasteiger partial charge in [0.15, 0.2) is 0 Å². The molecule has 0 saturated heterocycles. The molecule has 0 saturated carbocycles. The molecule has 0 unspecified atom stereocenters. The summed E-state index contributed by atoms with van der Waals surface area (Å²) in [7, 11) is 0. The molecule has 1 aliphatic heterocycles. The molecule has 0 atom stereocenters. The lowest BCUT2D eigenvalue weighted by Gasteiger charge is -2.40. The normalized spacial score (nSPS) is 14.2. The van der Waals surface area contributed by atoms with Crippen molar-refractivity contribution in [2.24, 2.45) is 0 Å². The number of alkyl halides is 3. The highest BCUT2D eigenvalue weighted by molar-refractivity contribution is 6.02. The molecule has 0 spiro atoms. The Hall–Kier alpha value is -3.08. The number of para-hydroxylation sites is 2. The highest BCUT2D eigenvalue weighted by atomic mass is 19.1. The Morgan fingerprint density at radius 1 is 1.00 bits per heavy atom. The average Bonchev–Trinajstić information content (AvgIpc) is 3.25. The molecule has 1 aromatic heterocycles. The van der Waals surface area contributed by atoms with Crippen LogP contribution in [0.2, 0.25) is 0 Å². The number of halogens is 3. The van der Waals surface area contributed by atoms with E-state index in [-0.39, 0.29) is 32.8 Å². The number of benzene rings is 2. The first-order valence-electron chi connectivity index (χ1n) is 12.3. The van der Waals surface area contributed by atoms with Gasteiger partial charge in [-0.3, -0.25) is 4.90 Å². The highest BCUT2D eigenvalue weighted by Gasteiger charge is 2.50. The summed E-state index contributed by atoms with van der Waals surface area (Å²) in [5.74, 6) is -0.633. The van der Waals surface area contributed by atoms with Gasteiger partial charge in [-0.25, -0.2) is 18.2 Å². The molecule has 0 radical (unpaired) electrons. The smallest absolute Gasteiger partial charge is 0.260 e. The quantitative estimate of drug-likeness (QED) is 0.229. The second-order valence-corrected chi connectivity index (χ2v) is 8.57. The Labute approximate surface area is 214 Å². The van der Waals surface area contributed by atoms with Crippen LogP contribution in [-0.4, -0.2) is 69.0 Å². The Morgan fingerprint density at radius 3 is 2.41 bits per heavy atom. The van der Waals surface area contributed by atoms with Crippen molar-refractivity contribution < 1.29 is 32.5 Å². The van der Waals surface area contributed by atoms with Crippen LogP contribution in [0.5, 0.6) is 5.75 Å². The van der Waals surface area contributed by atoms with Crippen LogP contribution in [-0.2, 0) is 15.9 Å². The summed E-state index contributed by atoms with van der Waals surface area (Å²) in [4.78, 5) is 6.66. The molecule has 2 N–H and O–H groups in total. The summed E-state index contributed by atoms with van der Waals surface area (Å²) < 4.78 is 57.6. The van der Waals surface area contributed by atoms with E-state index in [9.17, 15) is 18.3 Å². The lowest BCUT2D eigenvalue weighted by atomic mass is 10.1. The van der Waals surface area contributed by atoms with Crippen LogP contribution in [0.15, 0.2) is 42.5 Å². The fourth-order valence-corrected chi connectivity index (χ4v) is 4.66. The van der Waals surface area contributed by atoms with Crippen molar-refractivity contribution in [3.05, 3.63) is 53.6 Å². The van der Waals surface area contributed by atoms with E-state index in [1.165, 1.54) is 0 Å².